The van der Waals surface area contributed by atoms with Crippen molar-refractivity contribution in [3.63, 3.8) is 0 Å². The summed E-state index contributed by atoms with van der Waals surface area (Å²) in [5.41, 5.74) is 4.28. The number of hydrazone groups is 1. The molecule has 5 nitrogen and oxygen atoms in total. The number of carbonyl (C=O) groups is 1. The van der Waals surface area contributed by atoms with E-state index in [2.05, 4.69) is 47.2 Å². The third kappa shape index (κ3) is 5.90. The molecule has 0 aromatic heterocycles. The number of halogens is 1. The molecule has 2 N–H and O–H groups in total. The number of nitrogens with zero attached hydrogens (tertiary/aromatic N) is 1. The Morgan fingerprint density at radius 2 is 2.04 bits per heavy atom. The van der Waals surface area contributed by atoms with E-state index in [-0.39, 0.29) is 23.7 Å². The summed E-state index contributed by atoms with van der Waals surface area (Å²) in [5.74, 6) is 0.366. The van der Waals surface area contributed by atoms with Crippen molar-refractivity contribution < 1.29 is 14.6 Å². The van der Waals surface area contributed by atoms with Gasteiger partial charge in [-0.2, -0.15) is 5.10 Å². The van der Waals surface area contributed by atoms with E-state index in [0.717, 1.165) is 4.47 Å². The summed E-state index contributed by atoms with van der Waals surface area (Å²) in [6, 6.07) is 12.4. The maximum absolute atomic E-state index is 11.8. The van der Waals surface area contributed by atoms with Crippen LogP contribution in [-0.4, -0.2) is 23.8 Å². The largest absolute Gasteiger partial charge is 0.508 e. The van der Waals surface area contributed by atoms with E-state index in [1.54, 1.807) is 24.3 Å². The van der Waals surface area contributed by atoms with Gasteiger partial charge in [0.2, 0.25) is 0 Å². The fraction of sp³-hybridized carbons (Fsp3) is 0.263. The van der Waals surface area contributed by atoms with Crippen LogP contribution < -0.4 is 10.2 Å². The molecule has 0 bridgehead atoms. The van der Waals surface area contributed by atoms with Gasteiger partial charge in [0.05, 0.1) is 10.7 Å². The first-order chi connectivity index (χ1) is 11.8. The van der Waals surface area contributed by atoms with Crippen molar-refractivity contribution >= 4 is 28.1 Å². The molecule has 2 aromatic carbocycles. The lowest BCUT2D eigenvalue weighted by Gasteiger charge is -2.20. The second-order valence-corrected chi connectivity index (χ2v) is 7.43. The van der Waals surface area contributed by atoms with Crippen molar-refractivity contribution in [1.82, 2.24) is 5.43 Å². The summed E-state index contributed by atoms with van der Waals surface area (Å²) in [6.07, 6.45) is 1.45. The predicted octanol–water partition coefficient (Wildman–Crippen LogP) is 3.98. The standard InChI is InChI=1S/C19H21BrN2O3/c1-19(2,3)14-7-8-17(16(20)10-14)25-12-18(24)22-21-11-13-5-4-6-15(23)9-13/h4-11,23H,12H2,1-3H3,(H,22,24)/b21-11+. The van der Waals surface area contributed by atoms with E-state index in [9.17, 15) is 9.90 Å². The van der Waals surface area contributed by atoms with E-state index in [4.69, 9.17) is 4.74 Å². The molecule has 0 radical (unpaired) electrons. The maximum Gasteiger partial charge on any atom is 0.277 e. The zero-order valence-corrected chi connectivity index (χ0v) is 16.0. The molecular formula is C19H21BrN2O3. The number of nitrogens with one attached hydrogen (secondary N) is 1. The SMILES string of the molecule is CC(C)(C)c1ccc(OCC(=O)N/N=C/c2cccc(O)c2)c(Br)c1. The van der Waals surface area contributed by atoms with Gasteiger partial charge in [-0.3, -0.25) is 4.79 Å². The summed E-state index contributed by atoms with van der Waals surface area (Å²) < 4.78 is 6.32. The zero-order valence-electron chi connectivity index (χ0n) is 14.4. The number of carbonyl (C=O) groups excluding carboxylic acids is 1. The molecular weight excluding hydrogens is 384 g/mol. The number of rotatable bonds is 5. The van der Waals surface area contributed by atoms with Gasteiger partial charge in [0, 0.05) is 0 Å². The van der Waals surface area contributed by atoms with Crippen LogP contribution in [0, 0.1) is 0 Å². The van der Waals surface area contributed by atoms with Gasteiger partial charge in [0.25, 0.3) is 5.91 Å². The Morgan fingerprint density at radius 1 is 1.28 bits per heavy atom. The Morgan fingerprint density at radius 3 is 2.68 bits per heavy atom. The van der Waals surface area contributed by atoms with Gasteiger partial charge in [-0.25, -0.2) is 5.43 Å². The minimum absolute atomic E-state index is 0.0407. The van der Waals surface area contributed by atoms with Gasteiger partial charge < -0.3 is 9.84 Å². The lowest BCUT2D eigenvalue weighted by molar-refractivity contribution is -0.123. The fourth-order valence-electron chi connectivity index (χ4n) is 2.04. The topological polar surface area (TPSA) is 70.9 Å². The van der Waals surface area contributed by atoms with Crippen LogP contribution in [-0.2, 0) is 10.2 Å². The average Bonchev–Trinajstić information content (AvgIpc) is 2.53. The molecule has 0 spiro atoms. The maximum atomic E-state index is 11.8. The molecule has 0 aliphatic carbocycles. The van der Waals surface area contributed by atoms with E-state index in [0.29, 0.717) is 11.3 Å². The number of aromatic hydroxyl groups is 1. The third-order valence-corrected chi connectivity index (χ3v) is 4.05. The van der Waals surface area contributed by atoms with Crippen molar-refractivity contribution in [2.75, 3.05) is 6.61 Å². The van der Waals surface area contributed by atoms with Crippen LogP contribution in [0.15, 0.2) is 52.0 Å². The Bertz CT molecular complexity index is 782. The molecule has 0 saturated carbocycles. The molecule has 0 heterocycles. The minimum Gasteiger partial charge on any atom is -0.508 e. The number of phenolic OH excluding ortho intramolecular Hbond substituents is 1. The van der Waals surface area contributed by atoms with Gasteiger partial charge >= 0.3 is 0 Å². The fourth-order valence-corrected chi connectivity index (χ4v) is 2.54. The summed E-state index contributed by atoms with van der Waals surface area (Å²) >= 11 is 3.47. The molecule has 0 atom stereocenters. The summed E-state index contributed by atoms with van der Waals surface area (Å²) in [5, 5.41) is 13.2. The number of hydrogen-bond donors (Lipinski definition) is 2. The van der Waals surface area contributed by atoms with E-state index < -0.39 is 0 Å². The van der Waals surface area contributed by atoms with Crippen LogP contribution in [0.4, 0.5) is 0 Å². The normalized spacial score (nSPS) is 11.5. The van der Waals surface area contributed by atoms with Crippen molar-refractivity contribution in [1.29, 1.82) is 0 Å². The number of hydrogen-bond acceptors (Lipinski definition) is 4. The molecule has 0 aliphatic rings. The first-order valence-electron chi connectivity index (χ1n) is 7.79. The van der Waals surface area contributed by atoms with Crippen LogP contribution in [0.2, 0.25) is 0 Å². The third-order valence-electron chi connectivity index (χ3n) is 3.43. The van der Waals surface area contributed by atoms with E-state index in [1.165, 1.54) is 11.8 Å². The van der Waals surface area contributed by atoms with E-state index >= 15 is 0 Å². The second kappa shape index (κ2) is 8.16. The number of benzene rings is 2. The highest BCUT2D eigenvalue weighted by molar-refractivity contribution is 9.10. The lowest BCUT2D eigenvalue weighted by atomic mass is 9.87. The molecule has 132 valence electrons. The predicted molar refractivity (Wildman–Crippen MR) is 102 cm³/mol. The second-order valence-electron chi connectivity index (χ2n) is 6.57. The lowest BCUT2D eigenvalue weighted by Crippen LogP contribution is -2.24. The van der Waals surface area contributed by atoms with Crippen LogP contribution in [0.3, 0.4) is 0 Å². The molecule has 2 rings (SSSR count). The van der Waals surface area contributed by atoms with Crippen LogP contribution >= 0.6 is 15.9 Å². The molecule has 6 heteroatoms. The number of amides is 1. The Kier molecular flexibility index (Phi) is 6.20. The van der Waals surface area contributed by atoms with Gasteiger partial charge in [-0.1, -0.05) is 39.0 Å². The smallest absolute Gasteiger partial charge is 0.277 e. The van der Waals surface area contributed by atoms with Gasteiger partial charge in [0.15, 0.2) is 6.61 Å². The average molecular weight is 405 g/mol. The molecule has 0 unspecified atom stereocenters. The molecule has 1 amide bonds. The Labute approximate surface area is 155 Å². The molecule has 25 heavy (non-hydrogen) atoms. The van der Waals surface area contributed by atoms with E-state index in [1.807, 2.05) is 18.2 Å². The first-order valence-corrected chi connectivity index (χ1v) is 8.59. The number of phenols is 1. The van der Waals surface area contributed by atoms with Crippen molar-refractivity contribution in [3.05, 3.63) is 58.1 Å². The molecule has 2 aromatic rings. The summed E-state index contributed by atoms with van der Waals surface area (Å²) in [4.78, 5) is 11.8. The van der Waals surface area contributed by atoms with Gasteiger partial charge in [-0.15, -0.1) is 0 Å². The Balaban J connectivity index is 1.88. The highest BCUT2D eigenvalue weighted by Crippen LogP contribution is 2.31. The van der Waals surface area contributed by atoms with Crippen LogP contribution in [0.1, 0.15) is 31.9 Å². The van der Waals surface area contributed by atoms with Crippen LogP contribution in [0.5, 0.6) is 11.5 Å². The quantitative estimate of drug-likeness (QED) is 0.584. The number of ether oxygens (including phenoxy) is 1. The zero-order chi connectivity index (χ0) is 18.4. The van der Waals surface area contributed by atoms with Crippen molar-refractivity contribution in [2.24, 2.45) is 5.10 Å². The highest BCUT2D eigenvalue weighted by atomic mass is 79.9. The minimum atomic E-state index is -0.372. The van der Waals surface area contributed by atoms with Crippen LogP contribution in [0.25, 0.3) is 0 Å². The highest BCUT2D eigenvalue weighted by Gasteiger charge is 2.15. The van der Waals surface area contributed by atoms with Crippen molar-refractivity contribution in [2.45, 2.75) is 26.2 Å². The summed E-state index contributed by atoms with van der Waals surface area (Å²) in [6.45, 7) is 6.25. The Hall–Kier alpha value is -2.34. The first kappa shape index (κ1) is 19.0. The summed E-state index contributed by atoms with van der Waals surface area (Å²) in [7, 11) is 0. The molecule has 0 aliphatic heterocycles. The van der Waals surface area contributed by atoms with Crippen molar-refractivity contribution in [3.8, 4) is 11.5 Å². The van der Waals surface area contributed by atoms with Gasteiger partial charge in [-0.05, 0) is 56.7 Å². The monoisotopic (exact) mass is 404 g/mol. The molecule has 0 fully saturated rings. The van der Waals surface area contributed by atoms with Gasteiger partial charge in [0.1, 0.15) is 11.5 Å². The molecule has 0 saturated heterocycles.